The average Bonchev–Trinajstić information content (AvgIpc) is 3.06. The van der Waals surface area contributed by atoms with Crippen LogP contribution in [0.5, 0.6) is 0 Å². The van der Waals surface area contributed by atoms with Crippen molar-refractivity contribution in [1.82, 2.24) is 4.98 Å². The van der Waals surface area contributed by atoms with Crippen LogP contribution in [-0.2, 0) is 9.59 Å². The molecule has 1 amide bonds. The molecule has 0 saturated carbocycles. The van der Waals surface area contributed by atoms with Crippen LogP contribution in [0.4, 0.5) is 5.69 Å². The van der Waals surface area contributed by atoms with E-state index in [1.165, 1.54) is 4.90 Å². The third-order valence-corrected chi connectivity index (χ3v) is 6.08. The lowest BCUT2D eigenvalue weighted by atomic mass is 9.94. The van der Waals surface area contributed by atoms with E-state index >= 15 is 0 Å². The molecule has 2 heterocycles. The van der Waals surface area contributed by atoms with Gasteiger partial charge < -0.3 is 5.11 Å². The minimum atomic E-state index is -0.746. The summed E-state index contributed by atoms with van der Waals surface area (Å²) in [6.07, 6.45) is 3.24. The smallest absolute Gasteiger partial charge is 0.300 e. The molecule has 0 aliphatic carbocycles. The van der Waals surface area contributed by atoms with Crippen molar-refractivity contribution >= 4 is 23.1 Å². The number of aliphatic hydroxyl groups excluding tert-OH is 1. The highest BCUT2D eigenvalue weighted by molar-refractivity contribution is 6.51. The second-order valence-corrected chi connectivity index (χ2v) is 8.49. The largest absolute Gasteiger partial charge is 0.507 e. The van der Waals surface area contributed by atoms with Crippen LogP contribution in [0.25, 0.3) is 5.76 Å². The fourth-order valence-electron chi connectivity index (χ4n) is 4.02. The molecule has 1 saturated heterocycles. The Morgan fingerprint density at radius 3 is 2.19 bits per heavy atom. The van der Waals surface area contributed by atoms with Crippen LogP contribution >= 0.6 is 0 Å². The Labute approximate surface area is 188 Å². The Kier molecular flexibility index (Phi) is 5.66. The van der Waals surface area contributed by atoms with E-state index in [4.69, 9.17) is 0 Å². The van der Waals surface area contributed by atoms with Crippen molar-refractivity contribution in [3.63, 3.8) is 0 Å². The van der Waals surface area contributed by atoms with E-state index in [0.717, 1.165) is 16.7 Å². The van der Waals surface area contributed by atoms with Crippen LogP contribution in [0.1, 0.15) is 53.6 Å². The summed E-state index contributed by atoms with van der Waals surface area (Å²) in [5, 5.41) is 11.2. The summed E-state index contributed by atoms with van der Waals surface area (Å²) in [6, 6.07) is 15.9. The monoisotopic (exact) mass is 426 g/mol. The van der Waals surface area contributed by atoms with Gasteiger partial charge >= 0.3 is 0 Å². The standard InChI is InChI=1S/C27H26N2O3/c1-16(2)19-7-9-22(10-8-19)29-24(20-11-13-28-14-12-20)23(26(31)27(29)32)25(30)21-6-5-17(3)18(4)15-21/h5-16,24,30H,1-4H3/b25-23-. The van der Waals surface area contributed by atoms with Gasteiger partial charge in [0.15, 0.2) is 0 Å². The van der Waals surface area contributed by atoms with Crippen molar-refractivity contribution in [3.8, 4) is 0 Å². The molecule has 0 bridgehead atoms. The van der Waals surface area contributed by atoms with Gasteiger partial charge in [0.1, 0.15) is 5.76 Å². The van der Waals surface area contributed by atoms with Gasteiger partial charge in [0.2, 0.25) is 0 Å². The summed E-state index contributed by atoms with van der Waals surface area (Å²) in [6.45, 7) is 8.13. The Hall–Kier alpha value is -3.73. The summed E-state index contributed by atoms with van der Waals surface area (Å²) >= 11 is 0. The Morgan fingerprint density at radius 2 is 1.59 bits per heavy atom. The molecule has 1 atom stereocenters. The zero-order valence-electron chi connectivity index (χ0n) is 18.7. The molecule has 0 radical (unpaired) electrons. The lowest BCUT2D eigenvalue weighted by Crippen LogP contribution is -2.29. The third-order valence-electron chi connectivity index (χ3n) is 6.08. The van der Waals surface area contributed by atoms with Crippen molar-refractivity contribution in [3.05, 3.63) is 100 Å². The summed E-state index contributed by atoms with van der Waals surface area (Å²) in [5.74, 6) is -1.18. The van der Waals surface area contributed by atoms with Gasteiger partial charge in [0.05, 0.1) is 11.6 Å². The van der Waals surface area contributed by atoms with E-state index in [1.54, 1.807) is 30.6 Å². The number of hydrogen-bond acceptors (Lipinski definition) is 4. The van der Waals surface area contributed by atoms with Gasteiger partial charge in [-0.2, -0.15) is 0 Å². The van der Waals surface area contributed by atoms with E-state index in [-0.39, 0.29) is 11.3 Å². The molecule has 4 rings (SSSR count). The van der Waals surface area contributed by atoms with E-state index in [1.807, 2.05) is 50.2 Å². The van der Waals surface area contributed by atoms with Crippen molar-refractivity contribution in [1.29, 1.82) is 0 Å². The molecule has 1 N–H and O–H groups in total. The maximum atomic E-state index is 13.2. The quantitative estimate of drug-likeness (QED) is 0.342. The Morgan fingerprint density at radius 1 is 0.938 bits per heavy atom. The zero-order valence-corrected chi connectivity index (χ0v) is 18.7. The van der Waals surface area contributed by atoms with Crippen LogP contribution in [0.2, 0.25) is 0 Å². The number of pyridine rings is 1. The predicted octanol–water partition coefficient (Wildman–Crippen LogP) is 5.45. The number of ketones is 1. The van der Waals surface area contributed by atoms with Crippen LogP contribution in [0.3, 0.4) is 0 Å². The molecule has 1 unspecified atom stereocenters. The molecule has 1 aliphatic heterocycles. The number of Topliss-reactive ketones (excluding diaryl/α,β-unsaturated/α-hetero) is 1. The van der Waals surface area contributed by atoms with E-state index < -0.39 is 17.7 Å². The van der Waals surface area contributed by atoms with Gasteiger partial charge in [-0.05, 0) is 72.4 Å². The summed E-state index contributed by atoms with van der Waals surface area (Å²) in [4.78, 5) is 31.9. The minimum Gasteiger partial charge on any atom is -0.507 e. The van der Waals surface area contributed by atoms with Crippen LogP contribution < -0.4 is 4.90 Å². The number of carbonyl (C=O) groups excluding carboxylic acids is 2. The highest BCUT2D eigenvalue weighted by atomic mass is 16.3. The van der Waals surface area contributed by atoms with Gasteiger partial charge in [-0.15, -0.1) is 0 Å². The molecule has 2 aromatic carbocycles. The first-order valence-corrected chi connectivity index (χ1v) is 10.7. The number of hydrogen-bond donors (Lipinski definition) is 1. The predicted molar refractivity (Wildman–Crippen MR) is 125 cm³/mol. The lowest BCUT2D eigenvalue weighted by Gasteiger charge is -2.25. The maximum Gasteiger partial charge on any atom is 0.300 e. The first-order chi connectivity index (χ1) is 15.3. The number of amides is 1. The SMILES string of the molecule is Cc1ccc(/C(O)=C2/C(=O)C(=O)N(c3ccc(C(C)C)cc3)C2c2ccncc2)cc1C. The van der Waals surface area contributed by atoms with Crippen LogP contribution in [0, 0.1) is 13.8 Å². The van der Waals surface area contributed by atoms with Crippen LogP contribution in [0.15, 0.2) is 72.6 Å². The fourth-order valence-corrected chi connectivity index (χ4v) is 4.02. The molecule has 32 heavy (non-hydrogen) atoms. The molecule has 3 aromatic rings. The average molecular weight is 427 g/mol. The minimum absolute atomic E-state index is 0.0809. The van der Waals surface area contributed by atoms with E-state index in [0.29, 0.717) is 22.7 Å². The second kappa shape index (κ2) is 8.42. The number of carbonyl (C=O) groups is 2. The van der Waals surface area contributed by atoms with Gasteiger partial charge in [0, 0.05) is 23.6 Å². The summed E-state index contributed by atoms with van der Waals surface area (Å²) < 4.78 is 0. The summed E-state index contributed by atoms with van der Waals surface area (Å²) in [7, 11) is 0. The van der Waals surface area contributed by atoms with E-state index in [9.17, 15) is 14.7 Å². The number of anilines is 1. The lowest BCUT2D eigenvalue weighted by molar-refractivity contribution is -0.132. The normalized spacial score (nSPS) is 17.9. The number of aromatic nitrogens is 1. The Bertz CT molecular complexity index is 1210. The molecule has 5 nitrogen and oxygen atoms in total. The third kappa shape index (κ3) is 3.71. The van der Waals surface area contributed by atoms with Gasteiger partial charge in [-0.3, -0.25) is 19.5 Å². The molecule has 0 spiro atoms. The number of aryl methyl sites for hydroxylation is 2. The van der Waals surface area contributed by atoms with Crippen molar-refractivity contribution in [2.75, 3.05) is 4.90 Å². The van der Waals surface area contributed by atoms with Crippen molar-refractivity contribution in [2.24, 2.45) is 0 Å². The van der Waals surface area contributed by atoms with Crippen molar-refractivity contribution < 1.29 is 14.7 Å². The molecular weight excluding hydrogens is 400 g/mol. The fraction of sp³-hybridized carbons (Fsp3) is 0.222. The van der Waals surface area contributed by atoms with Crippen LogP contribution in [-0.4, -0.2) is 21.8 Å². The zero-order chi connectivity index (χ0) is 23.0. The summed E-state index contributed by atoms with van der Waals surface area (Å²) in [5.41, 5.74) is 5.12. The molecule has 1 aliphatic rings. The molecule has 1 aromatic heterocycles. The van der Waals surface area contributed by atoms with Gasteiger partial charge in [-0.1, -0.05) is 38.1 Å². The van der Waals surface area contributed by atoms with Gasteiger partial charge in [0.25, 0.3) is 11.7 Å². The highest BCUT2D eigenvalue weighted by Gasteiger charge is 2.46. The first-order valence-electron chi connectivity index (χ1n) is 10.7. The number of aliphatic hydroxyl groups is 1. The maximum absolute atomic E-state index is 13.2. The number of benzene rings is 2. The number of nitrogens with zero attached hydrogens (tertiary/aromatic N) is 2. The van der Waals surface area contributed by atoms with E-state index in [2.05, 4.69) is 18.8 Å². The first kappa shape index (κ1) is 21.5. The molecule has 162 valence electrons. The molecular formula is C27H26N2O3. The van der Waals surface area contributed by atoms with Gasteiger partial charge in [-0.25, -0.2) is 0 Å². The Balaban J connectivity index is 1.90. The molecule has 1 fully saturated rings. The highest BCUT2D eigenvalue weighted by Crippen LogP contribution is 2.42. The molecule has 5 heteroatoms. The number of rotatable bonds is 4. The van der Waals surface area contributed by atoms with Crippen molar-refractivity contribution in [2.45, 2.75) is 39.7 Å². The second-order valence-electron chi connectivity index (χ2n) is 8.49. The topological polar surface area (TPSA) is 70.5 Å².